The maximum absolute atomic E-state index is 12.4. The molecule has 0 radical (unpaired) electrons. The zero-order valence-corrected chi connectivity index (χ0v) is 12.0. The molecule has 0 bridgehead atoms. The molecule has 0 saturated heterocycles. The predicted octanol–water partition coefficient (Wildman–Crippen LogP) is 3.01. The molecule has 0 unspecified atom stereocenters. The third-order valence-electron chi connectivity index (χ3n) is 3.25. The van der Waals surface area contributed by atoms with E-state index in [1.807, 2.05) is 48.5 Å². The first-order valence-electron chi connectivity index (χ1n) is 6.09. The van der Waals surface area contributed by atoms with Gasteiger partial charge in [-0.25, -0.2) is 0 Å². The van der Waals surface area contributed by atoms with Crippen LogP contribution in [-0.4, -0.2) is 16.4 Å². The highest BCUT2D eigenvalue weighted by Crippen LogP contribution is 2.34. The van der Waals surface area contributed by atoms with Crippen molar-refractivity contribution >= 4 is 33.2 Å². The van der Waals surface area contributed by atoms with Crippen LogP contribution in [0.5, 0.6) is 0 Å². The normalized spacial score (nSPS) is 13.3. The number of benzene rings is 2. The van der Waals surface area contributed by atoms with Crippen molar-refractivity contribution in [2.45, 2.75) is 6.54 Å². The van der Waals surface area contributed by atoms with Crippen LogP contribution < -0.4 is 4.90 Å². The molecule has 2 aromatic carbocycles. The SMILES string of the molecule is [N-]=[N+]=C1C(=O)N(Cc2ccccc2)c2cccc(Br)c21. The summed E-state index contributed by atoms with van der Waals surface area (Å²) in [6, 6.07) is 15.2. The van der Waals surface area contributed by atoms with Crippen LogP contribution >= 0.6 is 15.9 Å². The number of carbonyl (C=O) groups excluding carboxylic acids is 1. The number of hydrogen-bond acceptors (Lipinski definition) is 1. The van der Waals surface area contributed by atoms with Gasteiger partial charge in [-0.2, -0.15) is 4.79 Å². The van der Waals surface area contributed by atoms with E-state index >= 15 is 0 Å². The van der Waals surface area contributed by atoms with Gasteiger partial charge in [0.2, 0.25) is 0 Å². The minimum Gasteiger partial charge on any atom is -0.361 e. The average Bonchev–Trinajstić information content (AvgIpc) is 2.74. The Morgan fingerprint density at radius 1 is 1.10 bits per heavy atom. The second-order valence-electron chi connectivity index (χ2n) is 4.46. The lowest BCUT2D eigenvalue weighted by Gasteiger charge is -2.15. The van der Waals surface area contributed by atoms with E-state index in [1.54, 1.807) is 4.90 Å². The molecule has 4 nitrogen and oxygen atoms in total. The number of rotatable bonds is 2. The maximum atomic E-state index is 12.4. The number of carbonyl (C=O) groups is 1. The Labute approximate surface area is 124 Å². The zero-order valence-electron chi connectivity index (χ0n) is 10.5. The summed E-state index contributed by atoms with van der Waals surface area (Å²) in [5.41, 5.74) is 11.6. The summed E-state index contributed by atoms with van der Waals surface area (Å²) in [7, 11) is 0. The zero-order chi connectivity index (χ0) is 14.1. The molecular weight excluding hydrogens is 318 g/mol. The highest BCUT2D eigenvalue weighted by atomic mass is 79.9. The van der Waals surface area contributed by atoms with Crippen molar-refractivity contribution in [3.05, 3.63) is 69.7 Å². The van der Waals surface area contributed by atoms with Crippen LogP contribution in [0.15, 0.2) is 53.0 Å². The highest BCUT2D eigenvalue weighted by Gasteiger charge is 2.41. The molecule has 1 aliphatic heterocycles. The number of anilines is 1. The van der Waals surface area contributed by atoms with Crippen LogP contribution in [0.2, 0.25) is 0 Å². The molecule has 1 heterocycles. The lowest BCUT2D eigenvalue weighted by molar-refractivity contribution is -0.116. The van der Waals surface area contributed by atoms with Gasteiger partial charge in [-0.05, 0) is 33.6 Å². The minimum absolute atomic E-state index is 0.0726. The van der Waals surface area contributed by atoms with Crippen molar-refractivity contribution in [3.8, 4) is 0 Å². The Kier molecular flexibility index (Phi) is 3.22. The van der Waals surface area contributed by atoms with Crippen molar-refractivity contribution in [1.82, 2.24) is 0 Å². The lowest BCUT2D eigenvalue weighted by Crippen LogP contribution is -2.29. The van der Waals surface area contributed by atoms with Crippen LogP contribution in [0.3, 0.4) is 0 Å². The van der Waals surface area contributed by atoms with Crippen LogP contribution in [0.4, 0.5) is 5.69 Å². The predicted molar refractivity (Wildman–Crippen MR) is 79.5 cm³/mol. The molecule has 3 rings (SSSR count). The van der Waals surface area contributed by atoms with E-state index in [2.05, 4.69) is 20.7 Å². The third kappa shape index (κ3) is 1.97. The molecule has 2 aromatic rings. The fourth-order valence-electron chi connectivity index (χ4n) is 2.33. The van der Waals surface area contributed by atoms with E-state index in [9.17, 15) is 4.79 Å². The van der Waals surface area contributed by atoms with Crippen molar-refractivity contribution in [2.75, 3.05) is 4.90 Å². The first kappa shape index (κ1) is 12.8. The van der Waals surface area contributed by atoms with Crippen molar-refractivity contribution in [1.29, 1.82) is 0 Å². The standard InChI is InChI=1S/C15H10BrN3O/c16-11-7-4-8-12-13(11)14(18-17)15(20)19(12)9-10-5-2-1-3-6-10/h1-8H,9H2. The summed E-state index contributed by atoms with van der Waals surface area (Å²) >= 11 is 3.40. The molecule has 5 heteroatoms. The fraction of sp³-hybridized carbons (Fsp3) is 0.0667. The Bertz CT molecular complexity index is 736. The summed E-state index contributed by atoms with van der Waals surface area (Å²) in [4.78, 5) is 17.1. The van der Waals surface area contributed by atoms with E-state index in [1.165, 1.54) is 0 Å². The van der Waals surface area contributed by atoms with E-state index in [0.717, 1.165) is 15.7 Å². The molecule has 0 fully saturated rings. The molecule has 0 aliphatic carbocycles. The summed E-state index contributed by atoms with van der Waals surface area (Å²) in [6.45, 7) is 0.447. The van der Waals surface area contributed by atoms with Crippen LogP contribution in [0.25, 0.3) is 5.53 Å². The smallest absolute Gasteiger partial charge is 0.361 e. The van der Waals surface area contributed by atoms with Gasteiger partial charge in [0.1, 0.15) is 5.56 Å². The molecule has 20 heavy (non-hydrogen) atoms. The topological polar surface area (TPSA) is 56.7 Å². The van der Waals surface area contributed by atoms with Gasteiger partial charge in [0.25, 0.3) is 0 Å². The van der Waals surface area contributed by atoms with Crippen LogP contribution in [0.1, 0.15) is 11.1 Å². The molecule has 0 saturated carbocycles. The fourth-order valence-corrected chi connectivity index (χ4v) is 2.88. The molecular formula is C15H10BrN3O. The van der Waals surface area contributed by atoms with Crippen LogP contribution in [0, 0.1) is 0 Å². The Morgan fingerprint density at radius 2 is 1.85 bits per heavy atom. The maximum Gasteiger partial charge on any atom is 0.390 e. The van der Waals surface area contributed by atoms with Crippen molar-refractivity contribution in [2.24, 2.45) is 0 Å². The van der Waals surface area contributed by atoms with Gasteiger partial charge in [0.15, 0.2) is 0 Å². The first-order valence-corrected chi connectivity index (χ1v) is 6.88. The monoisotopic (exact) mass is 327 g/mol. The van der Waals surface area contributed by atoms with E-state index < -0.39 is 0 Å². The summed E-state index contributed by atoms with van der Waals surface area (Å²) < 4.78 is 0.742. The van der Waals surface area contributed by atoms with Crippen LogP contribution in [-0.2, 0) is 11.3 Å². The third-order valence-corrected chi connectivity index (χ3v) is 3.91. The van der Waals surface area contributed by atoms with Gasteiger partial charge in [0.05, 0.1) is 12.2 Å². The number of nitrogens with zero attached hydrogens (tertiary/aromatic N) is 3. The van der Waals surface area contributed by atoms with E-state index in [4.69, 9.17) is 5.53 Å². The number of halogens is 1. The summed E-state index contributed by atoms with van der Waals surface area (Å²) in [6.07, 6.45) is 0. The second-order valence-corrected chi connectivity index (χ2v) is 5.31. The molecule has 1 aliphatic rings. The Morgan fingerprint density at radius 3 is 2.55 bits per heavy atom. The molecule has 98 valence electrons. The Balaban J connectivity index is 2.08. The lowest BCUT2D eigenvalue weighted by atomic mass is 10.1. The van der Waals surface area contributed by atoms with Gasteiger partial charge in [0, 0.05) is 4.47 Å². The van der Waals surface area contributed by atoms with E-state index in [-0.39, 0.29) is 11.6 Å². The molecule has 0 atom stereocenters. The molecule has 0 N–H and O–H groups in total. The number of amides is 1. The Hall–Kier alpha value is -2.23. The molecule has 1 amide bonds. The molecule has 0 aromatic heterocycles. The van der Waals surface area contributed by atoms with Gasteiger partial charge in [-0.15, -0.1) is 0 Å². The number of fused-ring (bicyclic) bond motifs is 1. The first-order chi connectivity index (χ1) is 9.72. The largest absolute Gasteiger partial charge is 0.390 e. The van der Waals surface area contributed by atoms with Crippen molar-refractivity contribution in [3.63, 3.8) is 0 Å². The summed E-state index contributed by atoms with van der Waals surface area (Å²) in [5.74, 6) is -0.293. The quantitative estimate of drug-likeness (QED) is 0.617. The average molecular weight is 328 g/mol. The van der Waals surface area contributed by atoms with Crippen molar-refractivity contribution < 1.29 is 9.58 Å². The second kappa shape index (κ2) is 5.04. The minimum atomic E-state index is -0.293. The highest BCUT2D eigenvalue weighted by molar-refractivity contribution is 9.10. The van der Waals surface area contributed by atoms with Gasteiger partial charge in [-0.1, -0.05) is 36.4 Å². The van der Waals surface area contributed by atoms with E-state index in [0.29, 0.717) is 12.1 Å². The molecule has 0 spiro atoms. The van der Waals surface area contributed by atoms with Gasteiger partial charge >= 0.3 is 11.6 Å². The number of hydrogen-bond donors (Lipinski definition) is 0. The van der Waals surface area contributed by atoms with Gasteiger partial charge < -0.3 is 5.53 Å². The van der Waals surface area contributed by atoms with Gasteiger partial charge in [-0.3, -0.25) is 9.69 Å². The summed E-state index contributed by atoms with van der Waals surface area (Å²) in [5, 5.41) is 0.